The van der Waals surface area contributed by atoms with Crippen molar-refractivity contribution in [3.8, 4) is 0 Å². The van der Waals surface area contributed by atoms with E-state index in [0.29, 0.717) is 6.42 Å². The lowest BCUT2D eigenvalue weighted by atomic mass is 9.85. The number of nitrogens with two attached hydrogens (primary N) is 1. The number of benzene rings is 1. The van der Waals surface area contributed by atoms with Gasteiger partial charge in [-0.2, -0.15) is 0 Å². The summed E-state index contributed by atoms with van der Waals surface area (Å²) in [6.07, 6.45) is 3.85. The van der Waals surface area contributed by atoms with Crippen LogP contribution in [-0.2, 0) is 24.1 Å². The summed E-state index contributed by atoms with van der Waals surface area (Å²) in [6, 6.07) is 1.45. The van der Waals surface area contributed by atoms with E-state index in [0.717, 1.165) is 42.4 Å². The van der Waals surface area contributed by atoms with Gasteiger partial charge in [-0.25, -0.2) is 0 Å². The molecule has 19 heavy (non-hydrogen) atoms. The zero-order valence-corrected chi connectivity index (χ0v) is 10.5. The molecular formula is C13H16N2O4. The Bertz CT molecular complexity index is 540. The number of carbonyl (C=O) groups is 1. The first kappa shape index (κ1) is 13.3. The van der Waals surface area contributed by atoms with Gasteiger partial charge in [0.25, 0.3) is 5.69 Å². The number of hydrogen-bond acceptors (Lipinski definition) is 4. The Morgan fingerprint density at radius 3 is 2.58 bits per heavy atom. The molecule has 0 spiro atoms. The van der Waals surface area contributed by atoms with E-state index in [9.17, 15) is 14.9 Å². The summed E-state index contributed by atoms with van der Waals surface area (Å²) in [5.41, 5.74) is 8.66. The van der Waals surface area contributed by atoms with Crippen molar-refractivity contribution in [2.45, 2.75) is 38.5 Å². The van der Waals surface area contributed by atoms with Crippen LogP contribution in [0.15, 0.2) is 6.07 Å². The second kappa shape index (κ2) is 5.26. The van der Waals surface area contributed by atoms with Crippen LogP contribution in [0.5, 0.6) is 0 Å². The van der Waals surface area contributed by atoms with Gasteiger partial charge in [0.15, 0.2) is 0 Å². The van der Waals surface area contributed by atoms with Gasteiger partial charge in [-0.1, -0.05) is 0 Å². The molecule has 6 nitrogen and oxygen atoms in total. The van der Waals surface area contributed by atoms with Gasteiger partial charge in [0.1, 0.15) is 5.69 Å². The normalized spacial score (nSPS) is 13.9. The molecule has 0 amide bonds. The topological polar surface area (TPSA) is 106 Å². The molecule has 0 fully saturated rings. The smallest absolute Gasteiger partial charge is 0.303 e. The molecule has 0 saturated heterocycles. The van der Waals surface area contributed by atoms with E-state index in [1.165, 1.54) is 6.07 Å². The number of rotatable bonds is 4. The van der Waals surface area contributed by atoms with Crippen molar-refractivity contribution in [3.05, 3.63) is 32.9 Å². The van der Waals surface area contributed by atoms with E-state index in [2.05, 4.69) is 0 Å². The molecule has 2 rings (SSSR count). The van der Waals surface area contributed by atoms with Crippen LogP contribution in [0, 0.1) is 10.1 Å². The van der Waals surface area contributed by atoms with Crippen LogP contribution >= 0.6 is 0 Å². The van der Waals surface area contributed by atoms with E-state index in [1.807, 2.05) is 0 Å². The monoisotopic (exact) mass is 264 g/mol. The fraction of sp³-hybridized carbons (Fsp3) is 0.462. The van der Waals surface area contributed by atoms with Crippen molar-refractivity contribution < 1.29 is 14.8 Å². The number of carboxylic acids is 1. The Kier molecular flexibility index (Phi) is 3.69. The lowest BCUT2D eigenvalue weighted by Gasteiger charge is -2.21. The predicted octanol–water partition coefficient (Wildman–Crippen LogP) is 2.07. The first-order valence-corrected chi connectivity index (χ1v) is 6.30. The largest absolute Gasteiger partial charge is 0.481 e. The molecule has 6 heteroatoms. The van der Waals surface area contributed by atoms with Crippen molar-refractivity contribution >= 4 is 17.3 Å². The summed E-state index contributed by atoms with van der Waals surface area (Å²) >= 11 is 0. The second-order valence-electron chi connectivity index (χ2n) is 4.78. The summed E-state index contributed by atoms with van der Waals surface area (Å²) in [4.78, 5) is 21.2. The van der Waals surface area contributed by atoms with Crippen LogP contribution < -0.4 is 5.73 Å². The van der Waals surface area contributed by atoms with Crippen LogP contribution in [-0.4, -0.2) is 16.0 Å². The number of anilines is 1. The van der Waals surface area contributed by atoms with Gasteiger partial charge >= 0.3 is 5.97 Å². The molecule has 1 aromatic rings. The Labute approximate surface area is 110 Å². The number of aryl methyl sites for hydroxylation is 1. The van der Waals surface area contributed by atoms with E-state index in [-0.39, 0.29) is 17.8 Å². The third kappa shape index (κ3) is 2.67. The van der Waals surface area contributed by atoms with Crippen LogP contribution in [0.1, 0.15) is 36.0 Å². The molecular weight excluding hydrogens is 248 g/mol. The highest BCUT2D eigenvalue weighted by Crippen LogP contribution is 2.36. The summed E-state index contributed by atoms with van der Waals surface area (Å²) in [5, 5.41) is 19.8. The number of nitro benzene ring substituents is 1. The standard InChI is InChI=1S/C13H16N2O4/c14-13-10-4-2-1-3-9(10)8(5-6-12(16)17)7-11(13)15(18)19/h7H,1-6,14H2,(H,16,17). The molecule has 0 saturated carbocycles. The molecule has 0 aliphatic heterocycles. The van der Waals surface area contributed by atoms with E-state index in [1.54, 1.807) is 0 Å². The predicted molar refractivity (Wildman–Crippen MR) is 70.1 cm³/mol. The van der Waals surface area contributed by atoms with Crippen LogP contribution in [0.2, 0.25) is 0 Å². The maximum absolute atomic E-state index is 11.0. The van der Waals surface area contributed by atoms with E-state index in [4.69, 9.17) is 10.8 Å². The minimum atomic E-state index is -0.899. The fourth-order valence-corrected chi connectivity index (χ4v) is 2.66. The third-order valence-electron chi connectivity index (χ3n) is 3.57. The molecule has 0 radical (unpaired) electrons. The van der Waals surface area contributed by atoms with Crippen molar-refractivity contribution in [1.82, 2.24) is 0 Å². The van der Waals surface area contributed by atoms with E-state index < -0.39 is 10.9 Å². The zero-order chi connectivity index (χ0) is 14.0. The number of fused-ring (bicyclic) bond motifs is 1. The average molecular weight is 264 g/mol. The highest BCUT2D eigenvalue weighted by atomic mass is 16.6. The Balaban J connectivity index is 2.48. The molecule has 3 N–H and O–H groups in total. The Hall–Kier alpha value is -2.11. The van der Waals surface area contributed by atoms with Crippen molar-refractivity contribution in [3.63, 3.8) is 0 Å². The Morgan fingerprint density at radius 2 is 2.00 bits per heavy atom. The summed E-state index contributed by atoms with van der Waals surface area (Å²) in [6.45, 7) is 0. The highest BCUT2D eigenvalue weighted by Gasteiger charge is 2.24. The van der Waals surface area contributed by atoms with Crippen molar-refractivity contribution in [2.24, 2.45) is 0 Å². The molecule has 102 valence electrons. The fourth-order valence-electron chi connectivity index (χ4n) is 2.66. The van der Waals surface area contributed by atoms with Gasteiger partial charge < -0.3 is 10.8 Å². The van der Waals surface area contributed by atoms with Gasteiger partial charge in [0, 0.05) is 12.5 Å². The van der Waals surface area contributed by atoms with Gasteiger partial charge in [-0.05, 0) is 48.8 Å². The molecule has 0 heterocycles. The lowest BCUT2D eigenvalue weighted by molar-refractivity contribution is -0.384. The van der Waals surface area contributed by atoms with Crippen molar-refractivity contribution in [1.29, 1.82) is 0 Å². The minimum Gasteiger partial charge on any atom is -0.481 e. The number of aliphatic carboxylic acids is 1. The highest BCUT2D eigenvalue weighted by molar-refractivity contribution is 5.70. The van der Waals surface area contributed by atoms with Crippen LogP contribution in [0.3, 0.4) is 0 Å². The number of nitrogen functional groups attached to an aromatic ring is 1. The molecule has 1 aromatic carbocycles. The first-order valence-electron chi connectivity index (χ1n) is 6.30. The van der Waals surface area contributed by atoms with Gasteiger partial charge in [-0.15, -0.1) is 0 Å². The number of carboxylic acid groups (broad SMARTS) is 1. The van der Waals surface area contributed by atoms with Gasteiger partial charge in [-0.3, -0.25) is 14.9 Å². The van der Waals surface area contributed by atoms with E-state index >= 15 is 0 Å². The number of nitro groups is 1. The zero-order valence-electron chi connectivity index (χ0n) is 10.5. The summed E-state index contributed by atoms with van der Waals surface area (Å²) < 4.78 is 0. The summed E-state index contributed by atoms with van der Waals surface area (Å²) in [7, 11) is 0. The average Bonchev–Trinajstić information content (AvgIpc) is 2.37. The summed E-state index contributed by atoms with van der Waals surface area (Å²) in [5.74, 6) is -0.899. The maximum atomic E-state index is 11.0. The molecule has 0 bridgehead atoms. The van der Waals surface area contributed by atoms with Crippen LogP contribution in [0.25, 0.3) is 0 Å². The first-order chi connectivity index (χ1) is 9.00. The number of nitrogens with zero attached hydrogens (tertiary/aromatic N) is 1. The van der Waals surface area contributed by atoms with Crippen molar-refractivity contribution in [2.75, 3.05) is 5.73 Å². The molecule has 0 unspecified atom stereocenters. The number of hydrogen-bond donors (Lipinski definition) is 2. The minimum absolute atomic E-state index is 0.0203. The third-order valence-corrected chi connectivity index (χ3v) is 3.57. The molecule has 0 atom stereocenters. The molecule has 0 aromatic heterocycles. The van der Waals surface area contributed by atoms with Gasteiger partial charge in [0.05, 0.1) is 4.92 Å². The lowest BCUT2D eigenvalue weighted by Crippen LogP contribution is -2.12. The quantitative estimate of drug-likeness (QED) is 0.492. The van der Waals surface area contributed by atoms with Crippen LogP contribution in [0.4, 0.5) is 11.4 Å². The Morgan fingerprint density at radius 1 is 1.37 bits per heavy atom. The van der Waals surface area contributed by atoms with Gasteiger partial charge in [0.2, 0.25) is 0 Å². The molecule has 1 aliphatic rings. The second-order valence-corrected chi connectivity index (χ2v) is 4.78. The molecule has 1 aliphatic carbocycles. The maximum Gasteiger partial charge on any atom is 0.303 e. The SMILES string of the molecule is Nc1c([N+](=O)[O-])cc(CCC(=O)O)c2c1CCCC2.